The number of aliphatic hydroxyl groups is 1. The van der Waals surface area contributed by atoms with Crippen LogP contribution in [0, 0.1) is 0 Å². The summed E-state index contributed by atoms with van der Waals surface area (Å²) in [6.45, 7) is 5.42. The average molecular weight is 334 g/mol. The van der Waals surface area contributed by atoms with Crippen LogP contribution in [0.15, 0.2) is 0 Å². The smallest absolute Gasteiger partial charge is 0.306 e. The minimum absolute atomic E-state index is 0.0896. The van der Waals surface area contributed by atoms with E-state index in [-0.39, 0.29) is 37.5 Å². The maximum Gasteiger partial charge on any atom is 0.306 e. The number of carbonyl (C=O) groups is 3. The molecular weight excluding hydrogens is 304 g/mol. The van der Waals surface area contributed by atoms with Crippen LogP contribution in [0.3, 0.4) is 0 Å². The van der Waals surface area contributed by atoms with Crippen LogP contribution in [0.25, 0.3) is 0 Å². The Kier molecular flexibility index (Phi) is 17.2. The SMILES string of the molecule is CCCC(=O)OCC(COC(=O)CCC)OC(=O)CCC.CO. The van der Waals surface area contributed by atoms with E-state index in [0.29, 0.717) is 32.1 Å². The molecule has 0 aliphatic carbocycles. The second kappa shape index (κ2) is 16.7. The predicted octanol–water partition coefficient (Wildman–Crippen LogP) is 1.99. The summed E-state index contributed by atoms with van der Waals surface area (Å²) in [4.78, 5) is 34.1. The number of rotatable bonds is 11. The van der Waals surface area contributed by atoms with E-state index in [1.165, 1.54) is 0 Å². The van der Waals surface area contributed by atoms with E-state index in [1.807, 2.05) is 20.8 Å². The monoisotopic (exact) mass is 334 g/mol. The Morgan fingerprint density at radius 1 is 0.739 bits per heavy atom. The summed E-state index contributed by atoms with van der Waals surface area (Å²) in [7, 11) is 1.00. The maximum atomic E-state index is 11.5. The van der Waals surface area contributed by atoms with Crippen LogP contribution in [-0.2, 0) is 28.6 Å². The molecule has 7 heteroatoms. The number of aliphatic hydroxyl groups excluding tert-OH is 1. The third-order valence-corrected chi connectivity index (χ3v) is 2.52. The van der Waals surface area contributed by atoms with Crippen molar-refractivity contribution in [3.05, 3.63) is 0 Å². The molecule has 1 N–H and O–H groups in total. The van der Waals surface area contributed by atoms with Crippen LogP contribution in [0.1, 0.15) is 59.3 Å². The number of carbonyl (C=O) groups excluding carboxylic acids is 3. The highest BCUT2D eigenvalue weighted by Gasteiger charge is 2.18. The van der Waals surface area contributed by atoms with Crippen molar-refractivity contribution in [1.82, 2.24) is 0 Å². The molecule has 0 spiro atoms. The van der Waals surface area contributed by atoms with E-state index in [0.717, 1.165) is 7.11 Å². The zero-order valence-electron chi connectivity index (χ0n) is 14.6. The van der Waals surface area contributed by atoms with Crippen molar-refractivity contribution in [3.63, 3.8) is 0 Å². The molecule has 0 amide bonds. The topological polar surface area (TPSA) is 99.1 Å². The van der Waals surface area contributed by atoms with Crippen LogP contribution < -0.4 is 0 Å². The fourth-order valence-electron chi connectivity index (χ4n) is 1.49. The summed E-state index contributed by atoms with van der Waals surface area (Å²) in [6, 6.07) is 0. The van der Waals surface area contributed by atoms with Gasteiger partial charge in [0.15, 0.2) is 6.10 Å². The van der Waals surface area contributed by atoms with E-state index in [1.54, 1.807) is 0 Å². The van der Waals surface area contributed by atoms with Gasteiger partial charge in [0.25, 0.3) is 0 Å². The van der Waals surface area contributed by atoms with Gasteiger partial charge in [-0.15, -0.1) is 0 Å². The molecule has 0 aromatic carbocycles. The minimum Gasteiger partial charge on any atom is -0.462 e. The second-order valence-electron chi connectivity index (χ2n) is 4.73. The molecule has 0 fully saturated rings. The highest BCUT2D eigenvalue weighted by molar-refractivity contribution is 5.71. The zero-order chi connectivity index (χ0) is 18.1. The predicted molar refractivity (Wildman–Crippen MR) is 84.7 cm³/mol. The molecule has 0 aliphatic rings. The van der Waals surface area contributed by atoms with E-state index >= 15 is 0 Å². The van der Waals surface area contributed by atoms with E-state index in [9.17, 15) is 14.4 Å². The van der Waals surface area contributed by atoms with Gasteiger partial charge in [-0.05, 0) is 19.3 Å². The number of hydrogen-bond acceptors (Lipinski definition) is 7. The lowest BCUT2D eigenvalue weighted by atomic mass is 10.3. The van der Waals surface area contributed by atoms with Crippen molar-refractivity contribution in [2.24, 2.45) is 0 Å². The normalized spacial score (nSPS) is 9.65. The van der Waals surface area contributed by atoms with Crippen molar-refractivity contribution < 1.29 is 33.7 Å². The lowest BCUT2D eigenvalue weighted by molar-refractivity contribution is -0.166. The van der Waals surface area contributed by atoms with Crippen molar-refractivity contribution in [3.8, 4) is 0 Å². The van der Waals surface area contributed by atoms with E-state index in [4.69, 9.17) is 19.3 Å². The van der Waals surface area contributed by atoms with Crippen LogP contribution in [0.5, 0.6) is 0 Å². The number of hydrogen-bond donors (Lipinski definition) is 1. The molecular formula is C16H30O7. The molecule has 0 aliphatic heterocycles. The van der Waals surface area contributed by atoms with Gasteiger partial charge < -0.3 is 19.3 Å². The van der Waals surface area contributed by atoms with Crippen LogP contribution >= 0.6 is 0 Å². The van der Waals surface area contributed by atoms with Gasteiger partial charge in [0.05, 0.1) is 0 Å². The highest BCUT2D eigenvalue weighted by atomic mass is 16.6. The summed E-state index contributed by atoms with van der Waals surface area (Å²) in [5.41, 5.74) is 0. The summed E-state index contributed by atoms with van der Waals surface area (Å²) in [5, 5.41) is 7.00. The van der Waals surface area contributed by atoms with Crippen LogP contribution in [0.4, 0.5) is 0 Å². The summed E-state index contributed by atoms with van der Waals surface area (Å²) in [5.74, 6) is -1.09. The molecule has 0 radical (unpaired) electrons. The van der Waals surface area contributed by atoms with Gasteiger partial charge in [0.1, 0.15) is 13.2 Å². The Morgan fingerprint density at radius 2 is 1.09 bits per heavy atom. The van der Waals surface area contributed by atoms with Crippen molar-refractivity contribution >= 4 is 17.9 Å². The molecule has 23 heavy (non-hydrogen) atoms. The Labute approximate surface area is 138 Å². The summed E-state index contributed by atoms with van der Waals surface area (Å²) in [6.07, 6.45) is 2.19. The fraction of sp³-hybridized carbons (Fsp3) is 0.812. The molecule has 0 saturated heterocycles. The molecule has 0 aromatic rings. The quantitative estimate of drug-likeness (QED) is 0.455. The fourth-order valence-corrected chi connectivity index (χ4v) is 1.49. The third-order valence-electron chi connectivity index (χ3n) is 2.52. The molecule has 0 heterocycles. The van der Waals surface area contributed by atoms with Gasteiger partial charge in [-0.2, -0.15) is 0 Å². The first kappa shape index (κ1) is 23.6. The molecule has 0 atom stereocenters. The molecule has 136 valence electrons. The van der Waals surface area contributed by atoms with Gasteiger partial charge in [0.2, 0.25) is 0 Å². The molecule has 7 nitrogen and oxygen atoms in total. The molecule has 0 aromatic heterocycles. The van der Waals surface area contributed by atoms with Crippen LogP contribution in [-0.4, -0.2) is 49.4 Å². The highest BCUT2D eigenvalue weighted by Crippen LogP contribution is 2.03. The van der Waals surface area contributed by atoms with E-state index < -0.39 is 6.10 Å². The first-order chi connectivity index (χ1) is 11.0. The number of esters is 3. The van der Waals surface area contributed by atoms with Crippen molar-refractivity contribution in [1.29, 1.82) is 0 Å². The van der Waals surface area contributed by atoms with Crippen molar-refractivity contribution in [2.75, 3.05) is 20.3 Å². The standard InChI is InChI=1S/C15H26O6.CH4O/c1-4-7-13(16)19-10-12(21-15(18)9-6-3)11-20-14(17)8-5-2;1-2/h12H,4-11H2,1-3H3;2H,1H3. The lowest BCUT2D eigenvalue weighted by Gasteiger charge is -2.18. The first-order valence-electron chi connectivity index (χ1n) is 7.98. The summed E-state index contributed by atoms with van der Waals surface area (Å²) < 4.78 is 15.2. The third kappa shape index (κ3) is 15.1. The zero-order valence-corrected chi connectivity index (χ0v) is 14.6. The van der Waals surface area contributed by atoms with Gasteiger partial charge in [-0.1, -0.05) is 20.8 Å². The number of ether oxygens (including phenoxy) is 3. The Morgan fingerprint density at radius 3 is 1.43 bits per heavy atom. The van der Waals surface area contributed by atoms with Crippen molar-refractivity contribution in [2.45, 2.75) is 65.4 Å². The lowest BCUT2D eigenvalue weighted by Crippen LogP contribution is -2.30. The second-order valence-corrected chi connectivity index (χ2v) is 4.73. The maximum absolute atomic E-state index is 11.5. The molecule has 0 rings (SSSR count). The largest absolute Gasteiger partial charge is 0.462 e. The van der Waals surface area contributed by atoms with Gasteiger partial charge >= 0.3 is 17.9 Å². The Balaban J connectivity index is 0. The summed E-state index contributed by atoms with van der Waals surface area (Å²) >= 11 is 0. The van der Waals surface area contributed by atoms with Crippen LogP contribution in [0.2, 0.25) is 0 Å². The molecule has 0 unspecified atom stereocenters. The minimum atomic E-state index is -0.745. The molecule has 0 bridgehead atoms. The Hall–Kier alpha value is -1.63. The molecule has 0 saturated carbocycles. The van der Waals surface area contributed by atoms with Gasteiger partial charge in [-0.25, -0.2) is 0 Å². The Bertz CT molecular complexity index is 306. The van der Waals surface area contributed by atoms with E-state index in [2.05, 4.69) is 0 Å². The van der Waals surface area contributed by atoms with Gasteiger partial charge in [0, 0.05) is 26.4 Å². The average Bonchev–Trinajstić information content (AvgIpc) is 2.53. The van der Waals surface area contributed by atoms with Gasteiger partial charge in [-0.3, -0.25) is 14.4 Å². The first-order valence-corrected chi connectivity index (χ1v) is 7.98.